The SMILES string of the molecule is COCCn1c(C(=O)N2CCC(F)(F)CC2)cc2cc(OC3CCN(C(C)C)CC3)ccc21. The highest BCUT2D eigenvalue weighted by atomic mass is 19.3. The van der Waals surface area contributed by atoms with E-state index in [-0.39, 0.29) is 37.9 Å². The van der Waals surface area contributed by atoms with Crippen LogP contribution in [0.25, 0.3) is 10.9 Å². The van der Waals surface area contributed by atoms with E-state index < -0.39 is 5.92 Å². The van der Waals surface area contributed by atoms with Crippen molar-refractivity contribution in [3.05, 3.63) is 30.0 Å². The fourth-order valence-electron chi connectivity index (χ4n) is 4.82. The Labute approximate surface area is 194 Å². The molecule has 33 heavy (non-hydrogen) atoms. The first kappa shape index (κ1) is 24.0. The number of aromatic nitrogens is 1. The molecule has 2 saturated heterocycles. The van der Waals surface area contributed by atoms with Gasteiger partial charge < -0.3 is 23.8 Å². The number of rotatable bonds is 7. The van der Waals surface area contributed by atoms with Crippen LogP contribution in [0.1, 0.15) is 50.0 Å². The third-order valence-electron chi connectivity index (χ3n) is 6.90. The molecule has 0 unspecified atom stereocenters. The Hall–Kier alpha value is -2.19. The van der Waals surface area contributed by atoms with Gasteiger partial charge in [0.1, 0.15) is 17.5 Å². The zero-order valence-corrected chi connectivity index (χ0v) is 19.9. The number of likely N-dealkylation sites (tertiary alicyclic amines) is 2. The van der Waals surface area contributed by atoms with Crippen LogP contribution in [-0.4, -0.2) is 78.2 Å². The molecule has 1 aromatic heterocycles. The standard InChI is InChI=1S/C25H35F2N3O3/c1-18(2)28-10-6-20(7-11-28)33-21-4-5-22-19(16-21)17-23(30(22)14-15-32-3)24(31)29-12-8-25(26,27)9-13-29/h4-5,16-18,20H,6-15H2,1-3H3. The van der Waals surface area contributed by atoms with Crippen LogP contribution in [0, 0.1) is 0 Å². The van der Waals surface area contributed by atoms with Crippen molar-refractivity contribution in [3.8, 4) is 5.75 Å². The summed E-state index contributed by atoms with van der Waals surface area (Å²) in [6.07, 6.45) is 1.60. The molecule has 6 nitrogen and oxygen atoms in total. The summed E-state index contributed by atoms with van der Waals surface area (Å²) in [6.45, 7) is 7.61. The zero-order valence-electron chi connectivity index (χ0n) is 19.9. The minimum absolute atomic E-state index is 0.0705. The second-order valence-corrected chi connectivity index (χ2v) is 9.49. The maximum atomic E-state index is 13.6. The highest BCUT2D eigenvalue weighted by Crippen LogP contribution is 2.31. The Morgan fingerprint density at radius 3 is 2.45 bits per heavy atom. The number of carbonyl (C=O) groups excluding carboxylic acids is 1. The van der Waals surface area contributed by atoms with Crippen molar-refractivity contribution in [2.75, 3.05) is 39.9 Å². The number of alkyl halides is 2. The number of ether oxygens (including phenoxy) is 2. The minimum atomic E-state index is -2.68. The average molecular weight is 464 g/mol. The summed E-state index contributed by atoms with van der Waals surface area (Å²) >= 11 is 0. The van der Waals surface area contributed by atoms with E-state index in [1.807, 2.05) is 28.8 Å². The van der Waals surface area contributed by atoms with E-state index in [2.05, 4.69) is 18.7 Å². The number of nitrogens with zero attached hydrogens (tertiary/aromatic N) is 3. The molecule has 2 fully saturated rings. The van der Waals surface area contributed by atoms with Crippen LogP contribution in [0.15, 0.2) is 24.3 Å². The Morgan fingerprint density at radius 1 is 1.12 bits per heavy atom. The number of benzene rings is 1. The number of hydrogen-bond donors (Lipinski definition) is 0. The molecule has 0 aliphatic carbocycles. The Bertz CT molecular complexity index is 957. The monoisotopic (exact) mass is 463 g/mol. The van der Waals surface area contributed by atoms with E-state index in [9.17, 15) is 13.6 Å². The molecule has 3 heterocycles. The average Bonchev–Trinajstić information content (AvgIpc) is 3.15. The molecule has 0 atom stereocenters. The first-order valence-corrected chi connectivity index (χ1v) is 12.0. The van der Waals surface area contributed by atoms with Gasteiger partial charge in [0.05, 0.1) is 6.61 Å². The van der Waals surface area contributed by atoms with E-state index >= 15 is 0 Å². The van der Waals surface area contributed by atoms with Gasteiger partial charge in [-0.25, -0.2) is 8.78 Å². The molecule has 0 radical (unpaired) electrons. The van der Waals surface area contributed by atoms with E-state index in [0.29, 0.717) is 24.9 Å². The number of methoxy groups -OCH3 is 1. The van der Waals surface area contributed by atoms with Gasteiger partial charge in [0.15, 0.2) is 0 Å². The van der Waals surface area contributed by atoms with Crippen molar-refractivity contribution in [2.24, 2.45) is 0 Å². The van der Waals surface area contributed by atoms with Gasteiger partial charge in [0.25, 0.3) is 11.8 Å². The second kappa shape index (κ2) is 9.97. The van der Waals surface area contributed by atoms with E-state index in [4.69, 9.17) is 9.47 Å². The van der Waals surface area contributed by atoms with Gasteiger partial charge in [-0.3, -0.25) is 4.79 Å². The molecule has 1 amide bonds. The lowest BCUT2D eigenvalue weighted by atomic mass is 10.1. The lowest BCUT2D eigenvalue weighted by molar-refractivity contribution is -0.0495. The van der Waals surface area contributed by atoms with Gasteiger partial charge in [-0.15, -0.1) is 0 Å². The Balaban J connectivity index is 1.53. The molecule has 2 aromatic rings. The predicted octanol–water partition coefficient (Wildman–Crippen LogP) is 4.41. The largest absolute Gasteiger partial charge is 0.490 e. The molecule has 0 bridgehead atoms. The van der Waals surface area contributed by atoms with Crippen molar-refractivity contribution in [3.63, 3.8) is 0 Å². The number of fused-ring (bicyclic) bond motifs is 1. The lowest BCUT2D eigenvalue weighted by Gasteiger charge is -2.34. The minimum Gasteiger partial charge on any atom is -0.490 e. The van der Waals surface area contributed by atoms with Crippen molar-refractivity contribution >= 4 is 16.8 Å². The quantitative estimate of drug-likeness (QED) is 0.610. The summed E-state index contributed by atoms with van der Waals surface area (Å²) in [7, 11) is 1.62. The molecular weight excluding hydrogens is 428 g/mol. The zero-order chi connectivity index (χ0) is 23.6. The summed E-state index contributed by atoms with van der Waals surface area (Å²) < 4.78 is 40.6. The Morgan fingerprint density at radius 2 is 1.82 bits per heavy atom. The van der Waals surface area contributed by atoms with Crippen molar-refractivity contribution in [1.29, 1.82) is 0 Å². The van der Waals surface area contributed by atoms with Crippen LogP contribution < -0.4 is 4.74 Å². The molecule has 4 rings (SSSR count). The van der Waals surface area contributed by atoms with Crippen LogP contribution in [0.2, 0.25) is 0 Å². The normalized spacial score (nSPS) is 20.0. The molecule has 2 aliphatic rings. The summed E-state index contributed by atoms with van der Waals surface area (Å²) in [5, 5.41) is 0.911. The number of amides is 1. The second-order valence-electron chi connectivity index (χ2n) is 9.49. The van der Waals surface area contributed by atoms with Gasteiger partial charge in [0.2, 0.25) is 0 Å². The molecule has 1 aromatic carbocycles. The van der Waals surface area contributed by atoms with Gasteiger partial charge >= 0.3 is 0 Å². The lowest BCUT2D eigenvalue weighted by Crippen LogP contribution is -2.43. The van der Waals surface area contributed by atoms with Gasteiger partial charge in [-0.1, -0.05) is 0 Å². The summed E-state index contributed by atoms with van der Waals surface area (Å²) in [4.78, 5) is 17.2. The summed E-state index contributed by atoms with van der Waals surface area (Å²) in [5.41, 5.74) is 1.43. The highest BCUT2D eigenvalue weighted by molar-refractivity contribution is 5.99. The molecule has 8 heteroatoms. The van der Waals surface area contributed by atoms with Crippen molar-refractivity contribution < 1.29 is 23.0 Å². The molecule has 2 aliphatic heterocycles. The van der Waals surface area contributed by atoms with Gasteiger partial charge in [-0.05, 0) is 51.0 Å². The van der Waals surface area contributed by atoms with Crippen LogP contribution in [0.4, 0.5) is 8.78 Å². The fraction of sp³-hybridized carbons (Fsp3) is 0.640. The van der Waals surface area contributed by atoms with Gasteiger partial charge in [-0.2, -0.15) is 0 Å². The van der Waals surface area contributed by atoms with Crippen LogP contribution >= 0.6 is 0 Å². The molecule has 182 valence electrons. The summed E-state index contributed by atoms with van der Waals surface area (Å²) in [5.74, 6) is -2.09. The fourth-order valence-corrected chi connectivity index (χ4v) is 4.82. The van der Waals surface area contributed by atoms with Crippen molar-refractivity contribution in [2.45, 2.75) is 64.1 Å². The maximum absolute atomic E-state index is 13.6. The van der Waals surface area contributed by atoms with E-state index in [1.54, 1.807) is 7.11 Å². The molecule has 0 N–H and O–H groups in total. The Kier molecular flexibility index (Phi) is 7.24. The third-order valence-corrected chi connectivity index (χ3v) is 6.90. The maximum Gasteiger partial charge on any atom is 0.270 e. The molecule has 0 saturated carbocycles. The first-order chi connectivity index (χ1) is 15.8. The number of hydrogen-bond acceptors (Lipinski definition) is 4. The highest BCUT2D eigenvalue weighted by Gasteiger charge is 2.36. The molecular formula is C25H35F2N3O3. The van der Waals surface area contributed by atoms with Crippen LogP contribution in [0.5, 0.6) is 5.75 Å². The van der Waals surface area contributed by atoms with Crippen molar-refractivity contribution in [1.82, 2.24) is 14.4 Å². The topological polar surface area (TPSA) is 46.9 Å². The third kappa shape index (κ3) is 5.49. The predicted molar refractivity (Wildman–Crippen MR) is 124 cm³/mol. The van der Waals surface area contributed by atoms with Gasteiger partial charge in [0, 0.05) is 69.6 Å². The van der Waals surface area contributed by atoms with E-state index in [1.165, 1.54) is 4.90 Å². The van der Waals surface area contributed by atoms with Crippen LogP contribution in [0.3, 0.4) is 0 Å². The number of carbonyl (C=O) groups is 1. The first-order valence-electron chi connectivity index (χ1n) is 12.0. The smallest absolute Gasteiger partial charge is 0.270 e. The van der Waals surface area contributed by atoms with E-state index in [0.717, 1.165) is 42.6 Å². The van der Waals surface area contributed by atoms with Crippen LogP contribution in [-0.2, 0) is 11.3 Å². The summed E-state index contributed by atoms with van der Waals surface area (Å²) in [6, 6.07) is 8.32. The number of piperidine rings is 2. The molecule has 0 spiro atoms. The number of halogens is 2.